The summed E-state index contributed by atoms with van der Waals surface area (Å²) in [7, 11) is 1.55. The van der Waals surface area contributed by atoms with Gasteiger partial charge in [0.15, 0.2) is 11.5 Å². The fourth-order valence-corrected chi connectivity index (χ4v) is 3.02. The maximum atomic E-state index is 12.1. The average molecular weight is 466 g/mol. The molecule has 0 aliphatic heterocycles. The molecule has 0 atom stereocenters. The number of hydrogen-bond donors (Lipinski definition) is 2. The van der Waals surface area contributed by atoms with Crippen molar-refractivity contribution in [1.82, 2.24) is 10.7 Å². The van der Waals surface area contributed by atoms with Gasteiger partial charge in [0, 0.05) is 10.6 Å². The summed E-state index contributed by atoms with van der Waals surface area (Å²) < 4.78 is 11.2. The van der Waals surface area contributed by atoms with Gasteiger partial charge in [0.05, 0.1) is 19.9 Å². The van der Waals surface area contributed by atoms with E-state index in [9.17, 15) is 9.59 Å². The molecule has 8 heteroatoms. The van der Waals surface area contributed by atoms with Crippen LogP contribution in [0.25, 0.3) is 0 Å². The zero-order valence-corrected chi connectivity index (χ0v) is 19.1. The van der Waals surface area contributed by atoms with Gasteiger partial charge in [0.2, 0.25) is 0 Å². The number of carbonyl (C=O) groups excluding carboxylic acids is 2. The standard InChI is InChI=1S/C25H24ClN3O4/c1-17-4-3-5-20(12-17)25(31)27-15-24(30)29-28-14-19-8-11-22(23(13-19)32-2)33-16-18-6-9-21(26)10-7-18/h3-14H,15-16H2,1-2H3,(H,27,31)(H,29,30)/b28-14-. The van der Waals surface area contributed by atoms with Crippen LogP contribution in [0.3, 0.4) is 0 Å². The fraction of sp³-hybridized carbons (Fsp3) is 0.160. The zero-order chi connectivity index (χ0) is 23.6. The topological polar surface area (TPSA) is 89.0 Å². The van der Waals surface area contributed by atoms with Gasteiger partial charge in [0.25, 0.3) is 11.8 Å². The van der Waals surface area contributed by atoms with Crippen molar-refractivity contribution in [2.75, 3.05) is 13.7 Å². The van der Waals surface area contributed by atoms with Crippen molar-refractivity contribution in [2.45, 2.75) is 13.5 Å². The molecule has 3 rings (SSSR count). The van der Waals surface area contributed by atoms with Gasteiger partial charge in [-0.15, -0.1) is 0 Å². The molecular weight excluding hydrogens is 442 g/mol. The number of aryl methyl sites for hydroxylation is 1. The van der Waals surface area contributed by atoms with Crippen LogP contribution >= 0.6 is 11.6 Å². The summed E-state index contributed by atoms with van der Waals surface area (Å²) in [5.74, 6) is 0.344. The van der Waals surface area contributed by atoms with Gasteiger partial charge < -0.3 is 14.8 Å². The van der Waals surface area contributed by atoms with Crippen LogP contribution in [0.4, 0.5) is 0 Å². The van der Waals surface area contributed by atoms with Crippen LogP contribution < -0.4 is 20.2 Å². The number of carbonyl (C=O) groups is 2. The molecule has 0 fully saturated rings. The van der Waals surface area contributed by atoms with Gasteiger partial charge in [-0.1, -0.05) is 41.4 Å². The molecule has 7 nitrogen and oxygen atoms in total. The molecule has 0 unspecified atom stereocenters. The Morgan fingerprint density at radius 1 is 1.03 bits per heavy atom. The molecule has 0 heterocycles. The van der Waals surface area contributed by atoms with Gasteiger partial charge >= 0.3 is 0 Å². The van der Waals surface area contributed by atoms with Crippen molar-refractivity contribution in [2.24, 2.45) is 5.10 Å². The number of amides is 2. The van der Waals surface area contributed by atoms with E-state index >= 15 is 0 Å². The number of hydrogen-bond acceptors (Lipinski definition) is 5. The highest BCUT2D eigenvalue weighted by molar-refractivity contribution is 6.30. The molecule has 3 aromatic carbocycles. The lowest BCUT2D eigenvalue weighted by Crippen LogP contribution is -2.34. The molecule has 2 N–H and O–H groups in total. The first-order valence-corrected chi connectivity index (χ1v) is 10.5. The van der Waals surface area contributed by atoms with Crippen molar-refractivity contribution in [3.05, 3.63) is 94.0 Å². The van der Waals surface area contributed by atoms with Crippen LogP contribution in [0.1, 0.15) is 27.0 Å². The Hall–Kier alpha value is -3.84. The van der Waals surface area contributed by atoms with Crippen molar-refractivity contribution >= 4 is 29.6 Å². The van der Waals surface area contributed by atoms with E-state index in [1.54, 1.807) is 55.6 Å². The van der Waals surface area contributed by atoms with E-state index in [1.165, 1.54) is 6.21 Å². The molecule has 0 spiro atoms. The highest BCUT2D eigenvalue weighted by Gasteiger charge is 2.08. The number of ether oxygens (including phenoxy) is 2. The maximum Gasteiger partial charge on any atom is 0.259 e. The van der Waals surface area contributed by atoms with Crippen LogP contribution in [-0.4, -0.2) is 31.7 Å². The predicted molar refractivity (Wildman–Crippen MR) is 128 cm³/mol. The summed E-state index contributed by atoms with van der Waals surface area (Å²) in [5.41, 5.74) is 5.53. The molecule has 0 aliphatic carbocycles. The number of hydrazone groups is 1. The van der Waals surface area contributed by atoms with Crippen LogP contribution in [0.5, 0.6) is 11.5 Å². The molecule has 0 aromatic heterocycles. The van der Waals surface area contributed by atoms with Crippen LogP contribution in [0, 0.1) is 6.92 Å². The predicted octanol–water partition coefficient (Wildman–Crippen LogP) is 4.12. The van der Waals surface area contributed by atoms with E-state index in [0.29, 0.717) is 34.3 Å². The van der Waals surface area contributed by atoms with Crippen molar-refractivity contribution in [3.63, 3.8) is 0 Å². The first-order chi connectivity index (χ1) is 15.9. The maximum absolute atomic E-state index is 12.1. The number of rotatable bonds is 9. The molecule has 0 saturated heterocycles. The number of nitrogens with one attached hydrogen (secondary N) is 2. The van der Waals surface area contributed by atoms with Crippen LogP contribution in [-0.2, 0) is 11.4 Å². The molecule has 33 heavy (non-hydrogen) atoms. The first-order valence-electron chi connectivity index (χ1n) is 10.2. The lowest BCUT2D eigenvalue weighted by Gasteiger charge is -2.11. The molecule has 0 bridgehead atoms. The number of methoxy groups -OCH3 is 1. The lowest BCUT2D eigenvalue weighted by atomic mass is 10.1. The van der Waals surface area contributed by atoms with E-state index < -0.39 is 5.91 Å². The molecule has 0 aliphatic rings. The van der Waals surface area contributed by atoms with Crippen molar-refractivity contribution in [1.29, 1.82) is 0 Å². The van der Waals surface area contributed by atoms with E-state index in [4.69, 9.17) is 21.1 Å². The Labute approximate surface area is 197 Å². The molecule has 0 saturated carbocycles. The number of nitrogens with zero attached hydrogens (tertiary/aromatic N) is 1. The average Bonchev–Trinajstić information content (AvgIpc) is 2.82. The quantitative estimate of drug-likeness (QED) is 0.367. The molecule has 0 radical (unpaired) electrons. The summed E-state index contributed by atoms with van der Waals surface area (Å²) in [5, 5.41) is 7.16. The molecule has 2 amide bonds. The second kappa shape index (κ2) is 11.7. The normalized spacial score (nSPS) is 10.6. The smallest absolute Gasteiger partial charge is 0.259 e. The Balaban J connectivity index is 1.50. The van der Waals surface area contributed by atoms with Gasteiger partial charge in [-0.05, 0) is 60.5 Å². The van der Waals surface area contributed by atoms with E-state index in [0.717, 1.165) is 11.1 Å². The second-order valence-corrected chi connectivity index (χ2v) is 7.61. The van der Waals surface area contributed by atoms with E-state index in [1.807, 2.05) is 25.1 Å². The lowest BCUT2D eigenvalue weighted by molar-refractivity contribution is -0.120. The molecular formula is C25H24ClN3O4. The van der Waals surface area contributed by atoms with E-state index in [-0.39, 0.29) is 12.5 Å². The fourth-order valence-electron chi connectivity index (χ4n) is 2.89. The first kappa shape index (κ1) is 23.8. The minimum absolute atomic E-state index is 0.190. The Morgan fingerprint density at radius 3 is 2.55 bits per heavy atom. The van der Waals surface area contributed by atoms with Crippen molar-refractivity contribution < 1.29 is 19.1 Å². The SMILES string of the molecule is COc1cc(/C=N\NC(=O)CNC(=O)c2cccc(C)c2)ccc1OCc1ccc(Cl)cc1. The monoisotopic (exact) mass is 465 g/mol. The largest absolute Gasteiger partial charge is 0.493 e. The Kier molecular flexibility index (Phi) is 8.43. The summed E-state index contributed by atoms with van der Waals surface area (Å²) in [4.78, 5) is 24.1. The highest BCUT2D eigenvalue weighted by Crippen LogP contribution is 2.28. The highest BCUT2D eigenvalue weighted by atomic mass is 35.5. The Morgan fingerprint density at radius 2 is 1.82 bits per heavy atom. The number of benzene rings is 3. The van der Waals surface area contributed by atoms with Crippen LogP contribution in [0.15, 0.2) is 71.8 Å². The third-order valence-electron chi connectivity index (χ3n) is 4.59. The molecule has 170 valence electrons. The minimum Gasteiger partial charge on any atom is -0.493 e. The summed E-state index contributed by atoms with van der Waals surface area (Å²) >= 11 is 5.90. The zero-order valence-electron chi connectivity index (χ0n) is 18.3. The summed E-state index contributed by atoms with van der Waals surface area (Å²) in [6.45, 7) is 2.07. The number of halogens is 1. The Bertz CT molecular complexity index is 1150. The third-order valence-corrected chi connectivity index (χ3v) is 4.84. The summed E-state index contributed by atoms with van der Waals surface area (Å²) in [6, 6.07) is 19.8. The van der Waals surface area contributed by atoms with Gasteiger partial charge in [-0.25, -0.2) is 5.43 Å². The second-order valence-electron chi connectivity index (χ2n) is 7.17. The van der Waals surface area contributed by atoms with Gasteiger partial charge in [0.1, 0.15) is 6.61 Å². The third kappa shape index (κ3) is 7.36. The molecule has 3 aromatic rings. The van der Waals surface area contributed by atoms with Gasteiger partial charge in [-0.3, -0.25) is 9.59 Å². The van der Waals surface area contributed by atoms with Crippen molar-refractivity contribution in [3.8, 4) is 11.5 Å². The van der Waals surface area contributed by atoms with Crippen LogP contribution in [0.2, 0.25) is 5.02 Å². The van der Waals surface area contributed by atoms with E-state index in [2.05, 4.69) is 15.8 Å². The summed E-state index contributed by atoms with van der Waals surface area (Å²) in [6.07, 6.45) is 1.48. The van der Waals surface area contributed by atoms with Gasteiger partial charge in [-0.2, -0.15) is 5.10 Å². The minimum atomic E-state index is -0.442.